The van der Waals surface area contributed by atoms with Gasteiger partial charge in [-0.2, -0.15) is 0 Å². The number of carbonyl (C=O) groups excluding carboxylic acids is 7. The van der Waals surface area contributed by atoms with Gasteiger partial charge in [0.15, 0.2) is 0 Å². The summed E-state index contributed by atoms with van der Waals surface area (Å²) in [6, 6.07) is 57.5. The third-order valence-electron chi connectivity index (χ3n) is 13.3. The fourth-order valence-electron chi connectivity index (χ4n) is 8.76. The number of primary amides is 1. The van der Waals surface area contributed by atoms with Crippen molar-refractivity contribution in [2.75, 3.05) is 78.5 Å². The molecule has 0 radical (unpaired) electrons. The van der Waals surface area contributed by atoms with Crippen LogP contribution in [0.1, 0.15) is 40.3 Å². The molecule has 76 heavy (non-hydrogen) atoms. The Hall–Kier alpha value is -8.39. The highest BCUT2D eigenvalue weighted by atomic mass is 16.2. The van der Waals surface area contributed by atoms with Gasteiger partial charge in [0.2, 0.25) is 41.4 Å². The lowest BCUT2D eigenvalue weighted by Crippen LogP contribution is -2.52. The van der Waals surface area contributed by atoms with Gasteiger partial charge < -0.3 is 35.1 Å². The van der Waals surface area contributed by atoms with Crippen LogP contribution in [-0.2, 0) is 72.1 Å². The van der Waals surface area contributed by atoms with Crippen molar-refractivity contribution >= 4 is 41.4 Å². The van der Waals surface area contributed by atoms with E-state index < -0.39 is 48.5 Å². The number of nitrogens with zero attached hydrogens (tertiary/aromatic N) is 6. The first kappa shape index (κ1) is 56.9. The van der Waals surface area contributed by atoms with E-state index in [2.05, 4.69) is 0 Å². The SMILES string of the molecule is CC(=O)N(CCc1ccccc1)CC(=O)N(CCc1ccccc1)CC(=O)N(CCc1ccccc1)CC(=O)N(CCc1ccccc1)CC(=O)N(CCc1ccccc1)CC(=O)N(CCc1ccccc1)CC(N)=O. The number of amides is 7. The Morgan fingerprint density at radius 1 is 0.276 bits per heavy atom. The van der Waals surface area contributed by atoms with Crippen LogP contribution in [-0.4, -0.2) is 149 Å². The Kier molecular flexibility index (Phi) is 23.0. The molecule has 0 spiro atoms. The van der Waals surface area contributed by atoms with Crippen LogP contribution in [0.4, 0.5) is 0 Å². The molecular formula is C62H71N7O7. The molecule has 396 valence electrons. The fraction of sp³-hybridized carbons (Fsp3) is 0.306. The molecule has 0 atom stereocenters. The first-order valence-electron chi connectivity index (χ1n) is 26.1. The third kappa shape index (κ3) is 19.8. The standard InChI is InChI=1S/C62H71N7O7/c1-50(70)64(38-32-51-20-8-2-9-21-51)45-58(72)66(40-34-53-24-12-4-13-25-53)47-60(74)68(42-36-55-28-16-6-17-29-55)49-62(76)69(43-37-56-30-18-7-19-31-56)48-61(75)67(41-35-54-26-14-5-15-27-54)46-59(73)65(44-57(63)71)39-33-52-22-10-3-11-23-52/h2-31H,32-49H2,1H3,(H2,63,71). The molecule has 0 aliphatic heterocycles. The Balaban J connectivity index is 1.26. The Labute approximate surface area is 447 Å². The molecule has 6 rings (SSSR count). The van der Waals surface area contributed by atoms with Gasteiger partial charge in [-0.15, -0.1) is 0 Å². The van der Waals surface area contributed by atoms with Crippen LogP contribution < -0.4 is 5.73 Å². The van der Waals surface area contributed by atoms with Gasteiger partial charge in [-0.05, 0) is 71.9 Å². The first-order chi connectivity index (χ1) is 36.9. The van der Waals surface area contributed by atoms with Crippen LogP contribution in [0, 0.1) is 0 Å². The molecular weight excluding hydrogens is 955 g/mol. The molecule has 14 heteroatoms. The zero-order valence-corrected chi connectivity index (χ0v) is 43.7. The predicted octanol–water partition coefficient (Wildman–Crippen LogP) is 5.92. The summed E-state index contributed by atoms with van der Waals surface area (Å²) in [7, 11) is 0. The highest BCUT2D eigenvalue weighted by molar-refractivity contribution is 5.92. The fourth-order valence-corrected chi connectivity index (χ4v) is 8.76. The van der Waals surface area contributed by atoms with Crippen molar-refractivity contribution in [3.8, 4) is 0 Å². The van der Waals surface area contributed by atoms with E-state index >= 15 is 0 Å². The zero-order chi connectivity index (χ0) is 53.9. The second-order valence-corrected chi connectivity index (χ2v) is 18.9. The number of rotatable bonds is 30. The Bertz CT molecular complexity index is 2750. The normalized spacial score (nSPS) is 10.8. The predicted molar refractivity (Wildman–Crippen MR) is 295 cm³/mol. The lowest BCUT2D eigenvalue weighted by molar-refractivity contribution is -0.148. The van der Waals surface area contributed by atoms with Crippen LogP contribution >= 0.6 is 0 Å². The van der Waals surface area contributed by atoms with Crippen molar-refractivity contribution in [2.24, 2.45) is 5.73 Å². The zero-order valence-electron chi connectivity index (χ0n) is 43.7. The monoisotopic (exact) mass is 1030 g/mol. The summed E-state index contributed by atoms with van der Waals surface area (Å²) in [5, 5.41) is 0. The molecule has 0 aliphatic carbocycles. The van der Waals surface area contributed by atoms with E-state index in [1.165, 1.54) is 36.3 Å². The second kappa shape index (κ2) is 30.7. The summed E-state index contributed by atoms with van der Waals surface area (Å²) in [5.41, 5.74) is 11.4. The van der Waals surface area contributed by atoms with Crippen molar-refractivity contribution in [2.45, 2.75) is 45.4 Å². The average molecular weight is 1030 g/mol. The minimum atomic E-state index is -0.687. The maximum atomic E-state index is 14.9. The van der Waals surface area contributed by atoms with Crippen molar-refractivity contribution in [1.29, 1.82) is 0 Å². The molecule has 14 nitrogen and oxygen atoms in total. The average Bonchev–Trinajstić information content (AvgIpc) is 3.44. The molecule has 0 fully saturated rings. The van der Waals surface area contributed by atoms with E-state index in [9.17, 15) is 33.6 Å². The number of carbonyl (C=O) groups is 7. The highest BCUT2D eigenvalue weighted by Gasteiger charge is 2.30. The van der Waals surface area contributed by atoms with Gasteiger partial charge in [-0.1, -0.05) is 182 Å². The van der Waals surface area contributed by atoms with Crippen molar-refractivity contribution < 1.29 is 33.6 Å². The van der Waals surface area contributed by atoms with Gasteiger partial charge >= 0.3 is 0 Å². The minimum absolute atomic E-state index is 0.117. The smallest absolute Gasteiger partial charge is 0.242 e. The van der Waals surface area contributed by atoms with E-state index in [-0.39, 0.29) is 64.8 Å². The topological polar surface area (TPSA) is 165 Å². The van der Waals surface area contributed by atoms with E-state index in [1.807, 2.05) is 182 Å². The molecule has 6 aromatic rings. The van der Waals surface area contributed by atoms with Gasteiger partial charge in [-0.3, -0.25) is 33.6 Å². The maximum Gasteiger partial charge on any atom is 0.242 e. The number of hydrogen-bond donors (Lipinski definition) is 1. The molecule has 0 unspecified atom stereocenters. The minimum Gasteiger partial charge on any atom is -0.368 e. The lowest BCUT2D eigenvalue weighted by atomic mass is 10.1. The van der Waals surface area contributed by atoms with Gasteiger partial charge in [0.05, 0.1) is 39.3 Å². The van der Waals surface area contributed by atoms with Gasteiger partial charge in [0.25, 0.3) is 0 Å². The van der Waals surface area contributed by atoms with Crippen LogP contribution in [0.25, 0.3) is 0 Å². The number of nitrogens with two attached hydrogens (primary N) is 1. The molecule has 0 aromatic heterocycles. The number of benzene rings is 6. The third-order valence-corrected chi connectivity index (χ3v) is 13.3. The van der Waals surface area contributed by atoms with Crippen LogP contribution in [0.15, 0.2) is 182 Å². The van der Waals surface area contributed by atoms with Crippen LogP contribution in [0.5, 0.6) is 0 Å². The number of hydrogen-bond acceptors (Lipinski definition) is 7. The molecule has 0 bridgehead atoms. The lowest BCUT2D eigenvalue weighted by Gasteiger charge is -2.32. The van der Waals surface area contributed by atoms with Gasteiger partial charge in [-0.25, -0.2) is 0 Å². The summed E-state index contributed by atoms with van der Waals surface area (Å²) < 4.78 is 0. The van der Waals surface area contributed by atoms with E-state index in [0.29, 0.717) is 45.1 Å². The van der Waals surface area contributed by atoms with Crippen LogP contribution in [0.2, 0.25) is 0 Å². The van der Waals surface area contributed by atoms with E-state index in [4.69, 9.17) is 5.73 Å². The summed E-state index contributed by atoms with van der Waals surface area (Å²) in [4.78, 5) is 107. The molecule has 6 aromatic carbocycles. The Morgan fingerprint density at radius 3 is 0.632 bits per heavy atom. The van der Waals surface area contributed by atoms with Crippen molar-refractivity contribution in [3.63, 3.8) is 0 Å². The quantitative estimate of drug-likeness (QED) is 0.0586. The molecule has 0 saturated carbocycles. The van der Waals surface area contributed by atoms with Crippen LogP contribution in [0.3, 0.4) is 0 Å². The highest BCUT2D eigenvalue weighted by Crippen LogP contribution is 2.12. The molecule has 0 aliphatic rings. The summed E-state index contributed by atoms with van der Waals surface area (Å²) in [6.07, 6.45) is 2.66. The van der Waals surface area contributed by atoms with E-state index in [1.54, 1.807) is 0 Å². The molecule has 2 N–H and O–H groups in total. The van der Waals surface area contributed by atoms with Gasteiger partial charge in [0.1, 0.15) is 0 Å². The van der Waals surface area contributed by atoms with E-state index in [0.717, 1.165) is 33.4 Å². The van der Waals surface area contributed by atoms with Crippen molar-refractivity contribution in [3.05, 3.63) is 215 Å². The van der Waals surface area contributed by atoms with Gasteiger partial charge in [0, 0.05) is 46.2 Å². The largest absolute Gasteiger partial charge is 0.368 e. The maximum absolute atomic E-state index is 14.9. The second-order valence-electron chi connectivity index (χ2n) is 18.9. The summed E-state index contributed by atoms with van der Waals surface area (Å²) in [6.45, 7) is 0.387. The Morgan fingerprint density at radius 2 is 0.447 bits per heavy atom. The molecule has 0 saturated heterocycles. The molecule has 0 heterocycles. The van der Waals surface area contributed by atoms with Crippen molar-refractivity contribution in [1.82, 2.24) is 29.4 Å². The first-order valence-corrected chi connectivity index (χ1v) is 26.1. The molecule has 7 amide bonds. The summed E-state index contributed by atoms with van der Waals surface area (Å²) in [5.74, 6) is -3.29. The summed E-state index contributed by atoms with van der Waals surface area (Å²) >= 11 is 0.